The average molecular weight is 449 g/mol. The predicted octanol–water partition coefficient (Wildman–Crippen LogP) is -3.02. The summed E-state index contributed by atoms with van der Waals surface area (Å²) in [5.74, 6) is -5.63. The first-order valence-electron chi connectivity index (χ1n) is 8.83. The van der Waals surface area contributed by atoms with Crippen LogP contribution in [0.4, 0.5) is 0 Å². The third kappa shape index (κ3) is 11.2. The lowest BCUT2D eigenvalue weighted by atomic mass is 10.1. The molecular formula is C16H27N5O8S. The summed E-state index contributed by atoms with van der Waals surface area (Å²) in [5.41, 5.74) is 10.1. The highest BCUT2D eigenvalue weighted by molar-refractivity contribution is 7.98. The summed E-state index contributed by atoms with van der Waals surface area (Å²) in [6, 6.07) is -4.09. The van der Waals surface area contributed by atoms with Gasteiger partial charge in [-0.3, -0.25) is 24.0 Å². The van der Waals surface area contributed by atoms with E-state index in [4.69, 9.17) is 16.6 Å². The molecule has 0 aliphatic heterocycles. The second kappa shape index (κ2) is 14.2. The first kappa shape index (κ1) is 27.1. The van der Waals surface area contributed by atoms with E-state index in [9.17, 15) is 33.9 Å². The minimum absolute atomic E-state index is 0.103. The van der Waals surface area contributed by atoms with Gasteiger partial charge in [-0.05, 0) is 24.9 Å². The third-order valence-electron chi connectivity index (χ3n) is 3.75. The maximum absolute atomic E-state index is 12.5. The Labute approximate surface area is 176 Å². The van der Waals surface area contributed by atoms with Crippen LogP contribution < -0.4 is 27.4 Å². The van der Waals surface area contributed by atoms with Gasteiger partial charge in [-0.1, -0.05) is 0 Å². The first-order chi connectivity index (χ1) is 14.0. The number of hydrogen-bond donors (Lipinski definition) is 7. The Morgan fingerprint density at radius 2 is 1.47 bits per heavy atom. The molecule has 170 valence electrons. The highest BCUT2D eigenvalue weighted by Gasteiger charge is 2.30. The standard InChI is InChI=1S/C16H27N5O8S/c1-30-5-4-8(14(26)21-9(16(28)29)2-3-11(18)22)20-15(27)10(6-13(24)25)19-12(23)7-17/h8-10H,2-7,17H2,1H3,(H2,18,22)(H,19,23)(H,20,27)(H,21,26)(H,24,25)(H,28,29). The van der Waals surface area contributed by atoms with Crippen LogP contribution in [0.5, 0.6) is 0 Å². The Morgan fingerprint density at radius 3 is 1.93 bits per heavy atom. The number of amides is 4. The zero-order valence-electron chi connectivity index (χ0n) is 16.4. The smallest absolute Gasteiger partial charge is 0.326 e. The van der Waals surface area contributed by atoms with Gasteiger partial charge in [0.2, 0.25) is 23.6 Å². The molecule has 0 spiro atoms. The topological polar surface area (TPSA) is 231 Å². The Kier molecular flexibility index (Phi) is 12.8. The molecule has 0 aromatic rings. The molecule has 0 radical (unpaired) electrons. The lowest BCUT2D eigenvalue weighted by Crippen LogP contribution is -2.56. The fraction of sp³-hybridized carbons (Fsp3) is 0.625. The van der Waals surface area contributed by atoms with E-state index < -0.39 is 66.7 Å². The molecule has 4 amide bonds. The van der Waals surface area contributed by atoms with Gasteiger partial charge in [-0.15, -0.1) is 0 Å². The summed E-state index contributed by atoms with van der Waals surface area (Å²) < 4.78 is 0. The summed E-state index contributed by atoms with van der Waals surface area (Å²) in [6.45, 7) is -0.472. The van der Waals surface area contributed by atoms with Crippen LogP contribution in [0.3, 0.4) is 0 Å². The van der Waals surface area contributed by atoms with E-state index in [1.54, 1.807) is 6.26 Å². The van der Waals surface area contributed by atoms with Crippen LogP contribution in [0, 0.1) is 0 Å². The molecule has 0 saturated carbocycles. The molecule has 13 nitrogen and oxygen atoms in total. The second-order valence-electron chi connectivity index (χ2n) is 6.17. The molecule has 14 heteroatoms. The van der Waals surface area contributed by atoms with Crippen molar-refractivity contribution in [3.8, 4) is 0 Å². The molecular weight excluding hydrogens is 422 g/mol. The van der Waals surface area contributed by atoms with Crippen LogP contribution in [0.15, 0.2) is 0 Å². The summed E-state index contributed by atoms with van der Waals surface area (Å²) in [6.07, 6.45) is 0.591. The molecule has 3 atom stereocenters. The summed E-state index contributed by atoms with van der Waals surface area (Å²) in [5, 5.41) is 24.8. The molecule has 0 aliphatic carbocycles. The minimum atomic E-state index is -1.48. The van der Waals surface area contributed by atoms with Gasteiger partial charge in [0.25, 0.3) is 0 Å². The van der Waals surface area contributed by atoms with Crippen molar-refractivity contribution in [2.75, 3.05) is 18.6 Å². The van der Waals surface area contributed by atoms with E-state index >= 15 is 0 Å². The van der Waals surface area contributed by atoms with Gasteiger partial charge in [0, 0.05) is 6.42 Å². The number of hydrogen-bond acceptors (Lipinski definition) is 8. The van der Waals surface area contributed by atoms with E-state index in [0.717, 1.165) is 0 Å². The number of rotatable bonds is 15. The highest BCUT2D eigenvalue weighted by atomic mass is 32.2. The minimum Gasteiger partial charge on any atom is -0.481 e. The van der Waals surface area contributed by atoms with Crippen LogP contribution >= 0.6 is 11.8 Å². The highest BCUT2D eigenvalue weighted by Crippen LogP contribution is 2.05. The molecule has 0 aromatic heterocycles. The number of carbonyl (C=O) groups excluding carboxylic acids is 4. The molecule has 0 bridgehead atoms. The molecule has 0 fully saturated rings. The van der Waals surface area contributed by atoms with Crippen molar-refractivity contribution < 1.29 is 39.0 Å². The van der Waals surface area contributed by atoms with Crippen molar-refractivity contribution in [1.29, 1.82) is 0 Å². The van der Waals surface area contributed by atoms with Crippen molar-refractivity contribution >= 4 is 47.3 Å². The molecule has 0 saturated heterocycles. The van der Waals surface area contributed by atoms with E-state index in [-0.39, 0.29) is 19.3 Å². The monoisotopic (exact) mass is 449 g/mol. The number of aliphatic carboxylic acids is 2. The van der Waals surface area contributed by atoms with Crippen LogP contribution in [0.25, 0.3) is 0 Å². The fourth-order valence-corrected chi connectivity index (χ4v) is 2.70. The SMILES string of the molecule is CSCCC(NC(=O)C(CC(=O)O)NC(=O)CN)C(=O)NC(CCC(N)=O)C(=O)O. The zero-order valence-corrected chi connectivity index (χ0v) is 17.2. The van der Waals surface area contributed by atoms with Gasteiger partial charge in [0.05, 0.1) is 13.0 Å². The van der Waals surface area contributed by atoms with Gasteiger partial charge in [-0.25, -0.2) is 4.79 Å². The number of carbonyl (C=O) groups is 6. The molecule has 0 rings (SSSR count). The van der Waals surface area contributed by atoms with Gasteiger partial charge in [0.15, 0.2) is 0 Å². The number of nitrogens with two attached hydrogens (primary N) is 2. The van der Waals surface area contributed by atoms with Crippen LogP contribution in [-0.2, 0) is 28.8 Å². The average Bonchev–Trinajstić information content (AvgIpc) is 2.66. The van der Waals surface area contributed by atoms with Crippen molar-refractivity contribution in [3.05, 3.63) is 0 Å². The number of nitrogens with one attached hydrogen (secondary N) is 3. The van der Waals surface area contributed by atoms with E-state index in [0.29, 0.717) is 5.75 Å². The predicted molar refractivity (Wildman–Crippen MR) is 106 cm³/mol. The number of carboxylic acid groups (broad SMARTS) is 2. The van der Waals surface area contributed by atoms with Crippen LogP contribution in [0.2, 0.25) is 0 Å². The lowest BCUT2D eigenvalue weighted by Gasteiger charge is -2.23. The number of primary amides is 1. The molecule has 9 N–H and O–H groups in total. The normalized spacial score (nSPS) is 13.4. The zero-order chi connectivity index (χ0) is 23.3. The third-order valence-corrected chi connectivity index (χ3v) is 4.40. The molecule has 3 unspecified atom stereocenters. The summed E-state index contributed by atoms with van der Waals surface area (Å²) in [7, 11) is 0. The maximum atomic E-state index is 12.5. The molecule has 0 heterocycles. The maximum Gasteiger partial charge on any atom is 0.326 e. The van der Waals surface area contributed by atoms with E-state index in [1.165, 1.54) is 11.8 Å². The lowest BCUT2D eigenvalue weighted by molar-refractivity contribution is -0.143. The van der Waals surface area contributed by atoms with E-state index in [1.807, 2.05) is 0 Å². The van der Waals surface area contributed by atoms with Gasteiger partial charge < -0.3 is 37.6 Å². The molecule has 0 aromatic carbocycles. The van der Waals surface area contributed by atoms with Gasteiger partial charge >= 0.3 is 11.9 Å². The van der Waals surface area contributed by atoms with Gasteiger partial charge in [0.1, 0.15) is 18.1 Å². The van der Waals surface area contributed by atoms with Crippen molar-refractivity contribution in [2.45, 2.75) is 43.8 Å². The Bertz CT molecular complexity index is 660. The molecule has 0 aliphatic rings. The Hall–Kier alpha value is -2.87. The Balaban J connectivity index is 5.33. The quantitative estimate of drug-likeness (QED) is 0.134. The summed E-state index contributed by atoms with van der Waals surface area (Å²) in [4.78, 5) is 69.6. The van der Waals surface area contributed by atoms with Crippen LogP contribution in [0.1, 0.15) is 25.7 Å². The largest absolute Gasteiger partial charge is 0.481 e. The fourth-order valence-electron chi connectivity index (χ4n) is 2.23. The number of thioether (sulfide) groups is 1. The first-order valence-corrected chi connectivity index (χ1v) is 10.2. The molecule has 30 heavy (non-hydrogen) atoms. The van der Waals surface area contributed by atoms with Gasteiger partial charge in [-0.2, -0.15) is 11.8 Å². The number of carboxylic acids is 2. The van der Waals surface area contributed by atoms with Crippen molar-refractivity contribution in [2.24, 2.45) is 11.5 Å². The second-order valence-corrected chi connectivity index (χ2v) is 7.15. The van der Waals surface area contributed by atoms with Crippen molar-refractivity contribution in [1.82, 2.24) is 16.0 Å². The van der Waals surface area contributed by atoms with Crippen LogP contribution in [-0.4, -0.2) is 82.5 Å². The summed E-state index contributed by atoms with van der Waals surface area (Å²) >= 11 is 1.36. The van der Waals surface area contributed by atoms with Crippen molar-refractivity contribution in [3.63, 3.8) is 0 Å². The Morgan fingerprint density at radius 1 is 0.900 bits per heavy atom. The van der Waals surface area contributed by atoms with E-state index in [2.05, 4.69) is 16.0 Å².